The number of carbonyl (C=O) groups is 1. The minimum atomic E-state index is -0.157. The molecular formula is C20H20N2O3S. The summed E-state index contributed by atoms with van der Waals surface area (Å²) in [5, 5.41) is 4.85. The van der Waals surface area contributed by atoms with Gasteiger partial charge < -0.3 is 14.8 Å². The summed E-state index contributed by atoms with van der Waals surface area (Å²) in [7, 11) is 1.56. The summed E-state index contributed by atoms with van der Waals surface area (Å²) in [6, 6.07) is 13.2. The monoisotopic (exact) mass is 368 g/mol. The summed E-state index contributed by atoms with van der Waals surface area (Å²) in [6.07, 6.45) is 0. The van der Waals surface area contributed by atoms with Crippen molar-refractivity contribution in [3.8, 4) is 11.5 Å². The number of ether oxygens (including phenoxy) is 2. The van der Waals surface area contributed by atoms with Gasteiger partial charge in [0.25, 0.3) is 5.91 Å². The van der Waals surface area contributed by atoms with E-state index < -0.39 is 0 Å². The van der Waals surface area contributed by atoms with Gasteiger partial charge in [-0.15, -0.1) is 11.3 Å². The first-order chi connectivity index (χ1) is 12.7. The number of nitrogens with one attached hydrogen (secondary N) is 1. The molecule has 3 aromatic rings. The molecule has 0 aliphatic carbocycles. The largest absolute Gasteiger partial charge is 0.493 e. The van der Waals surface area contributed by atoms with Gasteiger partial charge in [0.1, 0.15) is 6.61 Å². The molecule has 0 saturated heterocycles. The van der Waals surface area contributed by atoms with Crippen molar-refractivity contribution in [1.82, 2.24) is 10.3 Å². The molecule has 0 unspecified atom stereocenters. The van der Waals surface area contributed by atoms with Crippen LogP contribution in [0.2, 0.25) is 0 Å². The average molecular weight is 368 g/mol. The third-order valence-electron chi connectivity index (χ3n) is 3.82. The van der Waals surface area contributed by atoms with Crippen LogP contribution < -0.4 is 14.8 Å². The van der Waals surface area contributed by atoms with Crippen LogP contribution in [0.5, 0.6) is 11.5 Å². The third kappa shape index (κ3) is 4.61. The van der Waals surface area contributed by atoms with Crippen molar-refractivity contribution in [2.45, 2.75) is 20.1 Å². The van der Waals surface area contributed by atoms with E-state index in [1.807, 2.05) is 30.5 Å². The van der Waals surface area contributed by atoms with Gasteiger partial charge in [-0.05, 0) is 30.7 Å². The summed E-state index contributed by atoms with van der Waals surface area (Å²) >= 11 is 1.52. The van der Waals surface area contributed by atoms with Gasteiger partial charge >= 0.3 is 0 Å². The van der Waals surface area contributed by atoms with Gasteiger partial charge in [-0.1, -0.05) is 29.8 Å². The summed E-state index contributed by atoms with van der Waals surface area (Å²) < 4.78 is 11.1. The van der Waals surface area contributed by atoms with E-state index >= 15 is 0 Å². The Bertz CT molecular complexity index is 879. The standard InChI is InChI=1S/C20H20N2O3S/c1-14-4-3-5-15(8-14)10-21-20(23)16-6-7-18(19(9-16)24-2)25-11-17-12-26-13-22-17/h3-9,12-13H,10-11H2,1-2H3,(H,21,23). The lowest BCUT2D eigenvalue weighted by molar-refractivity contribution is 0.0950. The Morgan fingerprint density at radius 1 is 1.19 bits per heavy atom. The van der Waals surface area contributed by atoms with E-state index in [0.29, 0.717) is 30.2 Å². The van der Waals surface area contributed by atoms with Crippen molar-refractivity contribution in [2.75, 3.05) is 7.11 Å². The minimum absolute atomic E-state index is 0.157. The van der Waals surface area contributed by atoms with Crippen LogP contribution in [0, 0.1) is 6.92 Å². The van der Waals surface area contributed by atoms with Gasteiger partial charge in [-0.3, -0.25) is 4.79 Å². The maximum Gasteiger partial charge on any atom is 0.251 e. The molecule has 1 amide bonds. The molecule has 0 spiro atoms. The van der Waals surface area contributed by atoms with Crippen molar-refractivity contribution in [1.29, 1.82) is 0 Å². The molecule has 2 aromatic carbocycles. The number of methoxy groups -OCH3 is 1. The molecule has 0 radical (unpaired) electrons. The molecule has 0 saturated carbocycles. The molecule has 1 N–H and O–H groups in total. The molecule has 0 aliphatic rings. The van der Waals surface area contributed by atoms with Gasteiger partial charge in [-0.2, -0.15) is 0 Å². The first-order valence-corrected chi connectivity index (χ1v) is 9.11. The van der Waals surface area contributed by atoms with E-state index in [1.165, 1.54) is 16.9 Å². The molecule has 3 rings (SSSR count). The molecule has 0 atom stereocenters. The molecule has 1 aromatic heterocycles. The number of carbonyl (C=O) groups excluding carboxylic acids is 1. The molecular weight excluding hydrogens is 348 g/mol. The topological polar surface area (TPSA) is 60.5 Å². The SMILES string of the molecule is COc1cc(C(=O)NCc2cccc(C)c2)ccc1OCc1cscn1. The molecule has 0 bridgehead atoms. The first-order valence-electron chi connectivity index (χ1n) is 8.17. The average Bonchev–Trinajstić information content (AvgIpc) is 3.18. The fourth-order valence-corrected chi connectivity index (χ4v) is 3.04. The van der Waals surface area contributed by atoms with Gasteiger partial charge in [0.2, 0.25) is 0 Å². The Balaban J connectivity index is 1.64. The van der Waals surface area contributed by atoms with Crippen LogP contribution in [0.15, 0.2) is 53.4 Å². The van der Waals surface area contributed by atoms with E-state index in [9.17, 15) is 4.79 Å². The number of aryl methyl sites for hydroxylation is 1. The highest BCUT2D eigenvalue weighted by Gasteiger charge is 2.11. The van der Waals surface area contributed by atoms with Crippen LogP contribution in [-0.2, 0) is 13.2 Å². The van der Waals surface area contributed by atoms with Gasteiger partial charge in [0, 0.05) is 17.5 Å². The fourth-order valence-electron chi connectivity index (χ4n) is 2.50. The van der Waals surface area contributed by atoms with E-state index in [4.69, 9.17) is 9.47 Å². The minimum Gasteiger partial charge on any atom is -0.493 e. The van der Waals surface area contributed by atoms with Crippen LogP contribution in [0.3, 0.4) is 0 Å². The van der Waals surface area contributed by atoms with Crippen LogP contribution in [0.1, 0.15) is 27.2 Å². The van der Waals surface area contributed by atoms with Crippen LogP contribution >= 0.6 is 11.3 Å². The summed E-state index contributed by atoms with van der Waals surface area (Å²) in [5.74, 6) is 0.940. The molecule has 5 nitrogen and oxygen atoms in total. The Morgan fingerprint density at radius 3 is 2.81 bits per heavy atom. The predicted molar refractivity (Wildman–Crippen MR) is 102 cm³/mol. The Kier molecular flexibility index (Phi) is 5.86. The summed E-state index contributed by atoms with van der Waals surface area (Å²) in [6.45, 7) is 2.87. The highest BCUT2D eigenvalue weighted by molar-refractivity contribution is 7.07. The van der Waals surface area contributed by atoms with Crippen LogP contribution in [0.25, 0.3) is 0 Å². The zero-order valence-electron chi connectivity index (χ0n) is 14.7. The highest BCUT2D eigenvalue weighted by Crippen LogP contribution is 2.28. The Hall–Kier alpha value is -2.86. The predicted octanol–water partition coefficient (Wildman–Crippen LogP) is 3.97. The van der Waals surface area contributed by atoms with E-state index in [1.54, 1.807) is 30.8 Å². The number of hydrogen-bond acceptors (Lipinski definition) is 5. The second-order valence-electron chi connectivity index (χ2n) is 5.81. The number of benzene rings is 2. The molecule has 1 heterocycles. The lowest BCUT2D eigenvalue weighted by atomic mass is 10.1. The quantitative estimate of drug-likeness (QED) is 0.685. The molecule has 0 aliphatic heterocycles. The zero-order chi connectivity index (χ0) is 18.4. The maximum atomic E-state index is 12.4. The summed E-state index contributed by atoms with van der Waals surface area (Å²) in [4.78, 5) is 16.6. The number of hydrogen-bond donors (Lipinski definition) is 1. The van der Waals surface area contributed by atoms with Crippen molar-refractivity contribution < 1.29 is 14.3 Å². The Morgan fingerprint density at radius 2 is 2.08 bits per heavy atom. The first kappa shape index (κ1) is 17.9. The number of aromatic nitrogens is 1. The van der Waals surface area contributed by atoms with Crippen molar-refractivity contribution in [2.24, 2.45) is 0 Å². The number of amides is 1. The van der Waals surface area contributed by atoms with Crippen LogP contribution in [0.4, 0.5) is 0 Å². The van der Waals surface area contributed by atoms with Crippen molar-refractivity contribution in [3.05, 3.63) is 75.7 Å². The van der Waals surface area contributed by atoms with Gasteiger partial charge in [0.15, 0.2) is 11.5 Å². The normalized spacial score (nSPS) is 10.4. The van der Waals surface area contributed by atoms with E-state index in [2.05, 4.69) is 16.4 Å². The molecule has 0 fully saturated rings. The number of rotatable bonds is 7. The Labute approximate surface area is 156 Å². The molecule has 6 heteroatoms. The van der Waals surface area contributed by atoms with Gasteiger partial charge in [-0.25, -0.2) is 4.98 Å². The summed E-state index contributed by atoms with van der Waals surface area (Å²) in [5.41, 5.74) is 5.37. The van der Waals surface area contributed by atoms with E-state index in [-0.39, 0.29) is 5.91 Å². The fraction of sp³-hybridized carbons (Fsp3) is 0.200. The number of nitrogens with zero attached hydrogens (tertiary/aromatic N) is 1. The van der Waals surface area contributed by atoms with Crippen molar-refractivity contribution in [3.63, 3.8) is 0 Å². The van der Waals surface area contributed by atoms with Gasteiger partial charge in [0.05, 0.1) is 18.3 Å². The smallest absolute Gasteiger partial charge is 0.251 e. The molecule has 134 valence electrons. The second-order valence-corrected chi connectivity index (χ2v) is 6.52. The van der Waals surface area contributed by atoms with Crippen LogP contribution in [-0.4, -0.2) is 18.0 Å². The highest BCUT2D eigenvalue weighted by atomic mass is 32.1. The lowest BCUT2D eigenvalue weighted by Crippen LogP contribution is -2.22. The van der Waals surface area contributed by atoms with Crippen molar-refractivity contribution >= 4 is 17.2 Å². The third-order valence-corrected chi connectivity index (χ3v) is 4.46. The van der Waals surface area contributed by atoms with E-state index in [0.717, 1.165) is 11.3 Å². The lowest BCUT2D eigenvalue weighted by Gasteiger charge is -2.12. The zero-order valence-corrected chi connectivity index (χ0v) is 15.5. The second kappa shape index (κ2) is 8.49. The number of thiazole rings is 1. The molecule has 26 heavy (non-hydrogen) atoms. The maximum absolute atomic E-state index is 12.4.